The van der Waals surface area contributed by atoms with E-state index < -0.39 is 15.4 Å². The molecule has 7 heteroatoms. The first-order valence-corrected chi connectivity index (χ1v) is 8.59. The van der Waals surface area contributed by atoms with Gasteiger partial charge in [-0.2, -0.15) is 0 Å². The van der Waals surface area contributed by atoms with Gasteiger partial charge in [0.25, 0.3) is 0 Å². The summed E-state index contributed by atoms with van der Waals surface area (Å²) in [6.07, 6.45) is 1.49. The zero-order valence-electron chi connectivity index (χ0n) is 11.8. The van der Waals surface area contributed by atoms with Gasteiger partial charge < -0.3 is 16.0 Å². The molecular weight excluding hydrogens is 266 g/mol. The second-order valence-electron chi connectivity index (χ2n) is 5.32. The number of nitrogens with one attached hydrogen (secondary N) is 1. The molecule has 1 fully saturated rings. The summed E-state index contributed by atoms with van der Waals surface area (Å²) in [6, 6.07) is 0. The number of hydrogen-bond donors (Lipinski definition) is 2. The summed E-state index contributed by atoms with van der Waals surface area (Å²) in [5, 5.41) is 3.12. The number of rotatable bonds is 7. The Morgan fingerprint density at radius 3 is 2.42 bits per heavy atom. The number of nitrogens with two attached hydrogens (primary N) is 1. The minimum Gasteiger partial charge on any atom is -0.368 e. The first-order valence-electron chi connectivity index (χ1n) is 6.77. The quantitative estimate of drug-likeness (QED) is 0.650. The van der Waals surface area contributed by atoms with Gasteiger partial charge in [0.15, 0.2) is 9.84 Å². The van der Waals surface area contributed by atoms with Crippen LogP contribution in [0, 0.1) is 0 Å². The highest BCUT2D eigenvalue weighted by Crippen LogP contribution is 2.13. The lowest BCUT2D eigenvalue weighted by Gasteiger charge is -2.30. The van der Waals surface area contributed by atoms with Crippen LogP contribution >= 0.6 is 0 Å². The van der Waals surface area contributed by atoms with Gasteiger partial charge in [-0.3, -0.25) is 4.79 Å². The van der Waals surface area contributed by atoms with Gasteiger partial charge in [0.05, 0.1) is 17.0 Å². The van der Waals surface area contributed by atoms with Crippen LogP contribution in [0.4, 0.5) is 0 Å². The van der Waals surface area contributed by atoms with Gasteiger partial charge in [0.2, 0.25) is 5.91 Å². The van der Waals surface area contributed by atoms with Crippen LogP contribution in [-0.2, 0) is 14.6 Å². The number of nitrogens with zero attached hydrogens (tertiary/aromatic N) is 1. The number of primary amides is 1. The second-order valence-corrected chi connectivity index (χ2v) is 7.63. The maximum atomic E-state index is 11.4. The Hall–Kier alpha value is -0.660. The molecule has 0 bridgehead atoms. The minimum absolute atomic E-state index is 0.243. The second kappa shape index (κ2) is 6.67. The molecule has 6 nitrogen and oxygen atoms in total. The van der Waals surface area contributed by atoms with Crippen molar-refractivity contribution >= 4 is 15.7 Å². The van der Waals surface area contributed by atoms with Gasteiger partial charge in [-0.15, -0.1) is 0 Å². The summed E-state index contributed by atoms with van der Waals surface area (Å²) < 4.78 is 22.6. The Morgan fingerprint density at radius 1 is 1.37 bits per heavy atom. The van der Waals surface area contributed by atoms with Gasteiger partial charge in [0.1, 0.15) is 0 Å². The van der Waals surface area contributed by atoms with Crippen molar-refractivity contribution < 1.29 is 13.2 Å². The standard InChI is InChI=1S/C12H25N3O3S/c1-3-14-12(2,11(13)16)5-4-6-15-7-9-19(17,18)10-8-15/h14H,3-10H2,1-2H3,(H2,13,16). The number of carbonyl (C=O) groups excluding carboxylic acids is 1. The molecule has 0 aromatic carbocycles. The molecular formula is C12H25N3O3S. The average Bonchev–Trinajstić information content (AvgIpc) is 2.31. The summed E-state index contributed by atoms with van der Waals surface area (Å²) in [5.41, 5.74) is 4.75. The van der Waals surface area contributed by atoms with Crippen molar-refractivity contribution in [1.29, 1.82) is 0 Å². The van der Waals surface area contributed by atoms with Crippen molar-refractivity contribution in [3.05, 3.63) is 0 Å². The fourth-order valence-corrected chi connectivity index (χ4v) is 3.60. The lowest BCUT2D eigenvalue weighted by Crippen LogP contribution is -2.53. The van der Waals surface area contributed by atoms with Crippen LogP contribution < -0.4 is 11.1 Å². The SMILES string of the molecule is CCNC(C)(CCCN1CCS(=O)(=O)CC1)C(N)=O. The highest BCUT2D eigenvalue weighted by Gasteiger charge is 2.29. The highest BCUT2D eigenvalue weighted by atomic mass is 32.2. The molecule has 0 aliphatic carbocycles. The summed E-state index contributed by atoms with van der Waals surface area (Å²) in [4.78, 5) is 13.6. The van der Waals surface area contributed by atoms with Crippen molar-refractivity contribution in [2.24, 2.45) is 5.73 Å². The van der Waals surface area contributed by atoms with Crippen molar-refractivity contribution in [3.63, 3.8) is 0 Å². The Labute approximate surface area is 115 Å². The predicted octanol–water partition coefficient (Wildman–Crippen LogP) is -0.649. The molecule has 0 aromatic rings. The monoisotopic (exact) mass is 291 g/mol. The van der Waals surface area contributed by atoms with Crippen molar-refractivity contribution in [1.82, 2.24) is 10.2 Å². The van der Waals surface area contributed by atoms with Gasteiger partial charge in [-0.05, 0) is 32.9 Å². The van der Waals surface area contributed by atoms with E-state index in [1.165, 1.54) is 0 Å². The van der Waals surface area contributed by atoms with E-state index in [0.29, 0.717) is 26.1 Å². The number of carbonyl (C=O) groups is 1. The Kier molecular flexibility index (Phi) is 5.76. The first kappa shape index (κ1) is 16.4. The minimum atomic E-state index is -2.82. The third-order valence-electron chi connectivity index (χ3n) is 3.70. The molecule has 1 saturated heterocycles. The average molecular weight is 291 g/mol. The van der Waals surface area contributed by atoms with Gasteiger partial charge >= 0.3 is 0 Å². The lowest BCUT2D eigenvalue weighted by atomic mass is 9.94. The summed E-state index contributed by atoms with van der Waals surface area (Å²) in [5.74, 6) is 0.149. The normalized spacial score (nSPS) is 22.8. The third-order valence-corrected chi connectivity index (χ3v) is 5.31. The van der Waals surface area contributed by atoms with Crippen molar-refractivity contribution in [2.45, 2.75) is 32.2 Å². The van der Waals surface area contributed by atoms with Crippen LogP contribution in [-0.4, -0.2) is 62.4 Å². The molecule has 0 saturated carbocycles. The Balaban J connectivity index is 2.35. The van der Waals surface area contributed by atoms with Crippen LogP contribution in [0.25, 0.3) is 0 Å². The predicted molar refractivity (Wildman–Crippen MR) is 75.6 cm³/mol. The summed E-state index contributed by atoms with van der Waals surface area (Å²) in [7, 11) is -2.82. The van der Waals surface area contributed by atoms with Gasteiger partial charge in [-0.1, -0.05) is 6.92 Å². The Morgan fingerprint density at radius 2 is 1.95 bits per heavy atom. The fraction of sp³-hybridized carbons (Fsp3) is 0.917. The molecule has 3 N–H and O–H groups in total. The maximum Gasteiger partial charge on any atom is 0.237 e. The molecule has 112 valence electrons. The van der Waals surface area contributed by atoms with E-state index in [2.05, 4.69) is 10.2 Å². The van der Waals surface area contributed by atoms with Gasteiger partial charge in [0, 0.05) is 13.1 Å². The number of hydrogen-bond acceptors (Lipinski definition) is 5. The number of amides is 1. The molecule has 1 aliphatic heterocycles. The molecule has 1 heterocycles. The molecule has 0 spiro atoms. The van der Waals surface area contributed by atoms with Gasteiger partial charge in [-0.25, -0.2) is 8.42 Å². The topological polar surface area (TPSA) is 92.5 Å². The van der Waals surface area contributed by atoms with Crippen molar-refractivity contribution in [3.8, 4) is 0 Å². The van der Waals surface area contributed by atoms with E-state index in [0.717, 1.165) is 13.0 Å². The number of sulfone groups is 1. The Bertz CT molecular complexity index is 396. The van der Waals surface area contributed by atoms with E-state index >= 15 is 0 Å². The molecule has 0 radical (unpaired) electrons. The van der Waals surface area contributed by atoms with E-state index in [1.54, 1.807) is 0 Å². The van der Waals surface area contributed by atoms with Crippen molar-refractivity contribution in [2.75, 3.05) is 37.7 Å². The summed E-state index contributed by atoms with van der Waals surface area (Å²) in [6.45, 7) is 6.45. The van der Waals surface area contributed by atoms with Crippen LogP contribution in [0.15, 0.2) is 0 Å². The third kappa shape index (κ3) is 5.08. The smallest absolute Gasteiger partial charge is 0.237 e. The first-order chi connectivity index (χ1) is 8.79. The van der Waals surface area contributed by atoms with E-state index in [4.69, 9.17) is 5.73 Å². The molecule has 1 unspecified atom stereocenters. The molecule has 1 rings (SSSR count). The molecule has 19 heavy (non-hydrogen) atoms. The highest BCUT2D eigenvalue weighted by molar-refractivity contribution is 7.91. The molecule has 1 atom stereocenters. The number of likely N-dealkylation sites (N-methyl/N-ethyl adjacent to an activating group) is 1. The van der Waals surface area contributed by atoms with E-state index in [1.807, 2.05) is 13.8 Å². The zero-order chi connectivity index (χ0) is 14.5. The molecule has 1 amide bonds. The zero-order valence-corrected chi connectivity index (χ0v) is 12.6. The van der Waals surface area contributed by atoms with Crippen LogP contribution in [0.2, 0.25) is 0 Å². The van der Waals surface area contributed by atoms with Crippen LogP contribution in [0.1, 0.15) is 26.7 Å². The molecule has 0 aromatic heterocycles. The van der Waals surface area contributed by atoms with Crippen LogP contribution in [0.5, 0.6) is 0 Å². The maximum absolute atomic E-state index is 11.4. The fourth-order valence-electron chi connectivity index (χ4n) is 2.32. The largest absolute Gasteiger partial charge is 0.368 e. The molecule has 1 aliphatic rings. The lowest BCUT2D eigenvalue weighted by molar-refractivity contribution is -0.124. The van der Waals surface area contributed by atoms with Crippen LogP contribution in [0.3, 0.4) is 0 Å². The van der Waals surface area contributed by atoms with E-state index in [9.17, 15) is 13.2 Å². The summed E-state index contributed by atoms with van der Waals surface area (Å²) >= 11 is 0. The van der Waals surface area contributed by atoms with E-state index in [-0.39, 0.29) is 17.4 Å².